The minimum atomic E-state index is 0. The molecule has 0 aromatic heterocycles. The Morgan fingerprint density at radius 3 is 2.50 bits per heavy atom. The number of hydrogen-bond donors (Lipinski definition) is 2. The SMILES string of the molecule is CCNC(=NCc1ccccc1CN(C)C)NCC1Cc2ccccc2O1.I. The molecule has 1 aliphatic heterocycles. The summed E-state index contributed by atoms with van der Waals surface area (Å²) in [6.45, 7) is 5.23. The zero-order chi connectivity index (χ0) is 19.1. The average Bonchev–Trinajstić information content (AvgIpc) is 3.07. The highest BCUT2D eigenvalue weighted by atomic mass is 127. The fourth-order valence-electron chi connectivity index (χ4n) is 3.29. The average molecular weight is 494 g/mol. The molecule has 0 bridgehead atoms. The molecular formula is C22H31IN4O. The number of para-hydroxylation sites is 1. The van der Waals surface area contributed by atoms with Crippen molar-refractivity contribution in [3.63, 3.8) is 0 Å². The smallest absolute Gasteiger partial charge is 0.191 e. The van der Waals surface area contributed by atoms with Gasteiger partial charge in [0.15, 0.2) is 5.96 Å². The zero-order valence-electron chi connectivity index (χ0n) is 16.9. The first-order chi connectivity index (χ1) is 13.2. The lowest BCUT2D eigenvalue weighted by molar-refractivity contribution is 0.235. The van der Waals surface area contributed by atoms with Crippen molar-refractivity contribution < 1.29 is 4.74 Å². The maximum Gasteiger partial charge on any atom is 0.191 e. The van der Waals surface area contributed by atoms with Crippen LogP contribution in [0.5, 0.6) is 5.75 Å². The topological polar surface area (TPSA) is 48.9 Å². The third-order valence-corrected chi connectivity index (χ3v) is 4.57. The van der Waals surface area contributed by atoms with Gasteiger partial charge in [0, 0.05) is 19.5 Å². The Labute approximate surface area is 185 Å². The summed E-state index contributed by atoms with van der Waals surface area (Å²) in [5.74, 6) is 1.83. The van der Waals surface area contributed by atoms with E-state index in [1.165, 1.54) is 16.7 Å². The molecule has 2 aromatic carbocycles. The highest BCUT2D eigenvalue weighted by Gasteiger charge is 2.22. The summed E-state index contributed by atoms with van der Waals surface area (Å²) in [4.78, 5) is 6.96. The fraction of sp³-hybridized carbons (Fsp3) is 0.409. The molecule has 0 aliphatic carbocycles. The van der Waals surface area contributed by atoms with Crippen LogP contribution >= 0.6 is 24.0 Å². The van der Waals surface area contributed by atoms with Crippen LogP contribution in [0.1, 0.15) is 23.6 Å². The van der Waals surface area contributed by atoms with Gasteiger partial charge < -0.3 is 20.3 Å². The Morgan fingerprint density at radius 2 is 1.79 bits per heavy atom. The maximum absolute atomic E-state index is 6.01. The van der Waals surface area contributed by atoms with Gasteiger partial charge in [0.25, 0.3) is 0 Å². The number of aliphatic imine (C=N–C) groups is 1. The molecule has 28 heavy (non-hydrogen) atoms. The minimum Gasteiger partial charge on any atom is -0.488 e. The quantitative estimate of drug-likeness (QED) is 0.352. The molecule has 6 heteroatoms. The molecular weight excluding hydrogens is 463 g/mol. The number of halogens is 1. The van der Waals surface area contributed by atoms with Gasteiger partial charge in [-0.15, -0.1) is 24.0 Å². The van der Waals surface area contributed by atoms with Crippen LogP contribution in [-0.2, 0) is 19.5 Å². The van der Waals surface area contributed by atoms with E-state index < -0.39 is 0 Å². The van der Waals surface area contributed by atoms with E-state index in [1.54, 1.807) is 0 Å². The molecule has 1 atom stereocenters. The molecule has 1 unspecified atom stereocenters. The third kappa shape index (κ3) is 6.38. The van der Waals surface area contributed by atoms with Crippen LogP contribution < -0.4 is 15.4 Å². The third-order valence-electron chi connectivity index (χ3n) is 4.57. The molecule has 0 saturated heterocycles. The van der Waals surface area contributed by atoms with Gasteiger partial charge in [-0.25, -0.2) is 4.99 Å². The van der Waals surface area contributed by atoms with Gasteiger partial charge in [0.1, 0.15) is 11.9 Å². The normalized spacial score (nSPS) is 15.6. The Hall–Kier alpha value is -1.80. The van der Waals surface area contributed by atoms with Gasteiger partial charge in [-0.3, -0.25) is 0 Å². The molecule has 1 aliphatic rings. The van der Waals surface area contributed by atoms with Crippen molar-refractivity contribution in [2.75, 3.05) is 27.2 Å². The molecule has 152 valence electrons. The zero-order valence-corrected chi connectivity index (χ0v) is 19.3. The van der Waals surface area contributed by atoms with E-state index in [1.807, 2.05) is 12.1 Å². The summed E-state index contributed by atoms with van der Waals surface area (Å²) in [5, 5.41) is 6.76. The number of rotatable bonds is 7. The van der Waals surface area contributed by atoms with Crippen molar-refractivity contribution in [2.45, 2.75) is 32.5 Å². The van der Waals surface area contributed by atoms with Crippen molar-refractivity contribution in [3.8, 4) is 5.75 Å². The van der Waals surface area contributed by atoms with E-state index in [-0.39, 0.29) is 30.1 Å². The lowest BCUT2D eigenvalue weighted by Crippen LogP contribution is -2.42. The number of nitrogens with one attached hydrogen (secondary N) is 2. The van der Waals surface area contributed by atoms with Crippen molar-refractivity contribution >= 4 is 29.9 Å². The predicted molar refractivity (Wildman–Crippen MR) is 127 cm³/mol. The van der Waals surface area contributed by atoms with Crippen LogP contribution in [0.4, 0.5) is 0 Å². The number of benzene rings is 2. The molecule has 0 spiro atoms. The summed E-state index contributed by atoms with van der Waals surface area (Å²) < 4.78 is 6.01. The molecule has 0 fully saturated rings. The number of ether oxygens (including phenoxy) is 1. The molecule has 0 amide bonds. The molecule has 2 N–H and O–H groups in total. The summed E-state index contributed by atoms with van der Waals surface area (Å²) in [6.07, 6.45) is 1.08. The summed E-state index contributed by atoms with van der Waals surface area (Å²) in [7, 11) is 4.18. The first-order valence-electron chi connectivity index (χ1n) is 9.64. The van der Waals surface area contributed by atoms with E-state index in [2.05, 4.69) is 73.0 Å². The van der Waals surface area contributed by atoms with Crippen molar-refractivity contribution in [3.05, 3.63) is 65.2 Å². The van der Waals surface area contributed by atoms with Crippen molar-refractivity contribution in [1.29, 1.82) is 0 Å². The first-order valence-corrected chi connectivity index (χ1v) is 9.64. The summed E-state index contributed by atoms with van der Waals surface area (Å²) in [6, 6.07) is 16.8. The van der Waals surface area contributed by atoms with Crippen molar-refractivity contribution in [1.82, 2.24) is 15.5 Å². The van der Waals surface area contributed by atoms with Crippen LogP contribution in [0, 0.1) is 0 Å². The van der Waals surface area contributed by atoms with Gasteiger partial charge in [-0.2, -0.15) is 0 Å². The number of hydrogen-bond acceptors (Lipinski definition) is 3. The Kier molecular flexibility index (Phi) is 9.05. The van der Waals surface area contributed by atoms with E-state index in [0.29, 0.717) is 6.54 Å². The van der Waals surface area contributed by atoms with Crippen LogP contribution in [-0.4, -0.2) is 44.1 Å². The van der Waals surface area contributed by atoms with E-state index in [4.69, 9.17) is 9.73 Å². The minimum absolute atomic E-state index is 0. The Bertz CT molecular complexity index is 754. The summed E-state index contributed by atoms with van der Waals surface area (Å²) >= 11 is 0. The largest absolute Gasteiger partial charge is 0.488 e. The van der Waals surface area contributed by atoms with E-state index >= 15 is 0 Å². The fourth-order valence-corrected chi connectivity index (χ4v) is 3.29. The molecule has 2 aromatic rings. The number of nitrogens with zero attached hydrogens (tertiary/aromatic N) is 2. The molecule has 5 nitrogen and oxygen atoms in total. The molecule has 1 heterocycles. The highest BCUT2D eigenvalue weighted by molar-refractivity contribution is 14.0. The predicted octanol–water partition coefficient (Wildman–Crippen LogP) is 3.43. The van der Waals surface area contributed by atoms with Crippen molar-refractivity contribution in [2.24, 2.45) is 4.99 Å². The molecule has 3 rings (SSSR count). The monoisotopic (exact) mass is 494 g/mol. The van der Waals surface area contributed by atoms with Gasteiger partial charge in [-0.1, -0.05) is 42.5 Å². The number of guanidine groups is 1. The number of fused-ring (bicyclic) bond motifs is 1. The van der Waals surface area contributed by atoms with Crippen LogP contribution in [0.15, 0.2) is 53.5 Å². The van der Waals surface area contributed by atoms with Gasteiger partial charge in [0.2, 0.25) is 0 Å². The van der Waals surface area contributed by atoms with E-state index in [9.17, 15) is 0 Å². The second kappa shape index (κ2) is 11.3. The van der Waals surface area contributed by atoms with Gasteiger partial charge >= 0.3 is 0 Å². The maximum atomic E-state index is 6.01. The Balaban J connectivity index is 0.00000280. The second-order valence-electron chi connectivity index (χ2n) is 7.13. The molecule has 0 radical (unpaired) electrons. The van der Waals surface area contributed by atoms with Crippen LogP contribution in [0.2, 0.25) is 0 Å². The lowest BCUT2D eigenvalue weighted by atomic mass is 10.1. The Morgan fingerprint density at radius 1 is 1.07 bits per heavy atom. The van der Waals surface area contributed by atoms with Gasteiger partial charge in [0.05, 0.1) is 13.1 Å². The van der Waals surface area contributed by atoms with Crippen LogP contribution in [0.25, 0.3) is 0 Å². The van der Waals surface area contributed by atoms with E-state index in [0.717, 1.165) is 37.8 Å². The highest BCUT2D eigenvalue weighted by Crippen LogP contribution is 2.27. The first kappa shape index (κ1) is 22.5. The molecule has 0 saturated carbocycles. The summed E-state index contributed by atoms with van der Waals surface area (Å²) in [5.41, 5.74) is 3.86. The standard InChI is InChI=1S/C22H30N4O.HI/c1-4-23-22(24-14-18-10-5-6-11-19(18)16-26(2)3)25-15-20-13-17-9-7-8-12-21(17)27-20;/h5-12,20H,4,13-16H2,1-3H3,(H2,23,24,25);1H. The van der Waals surface area contributed by atoms with Crippen LogP contribution in [0.3, 0.4) is 0 Å². The van der Waals surface area contributed by atoms with Gasteiger partial charge in [-0.05, 0) is 43.8 Å². The lowest BCUT2D eigenvalue weighted by Gasteiger charge is -2.16. The second-order valence-corrected chi connectivity index (χ2v) is 7.13.